The molecular weight excluding hydrogens is 316 g/mol. The zero-order valence-electron chi connectivity index (χ0n) is 12.0. The van der Waals surface area contributed by atoms with Crippen molar-refractivity contribution in [1.29, 1.82) is 0 Å². The van der Waals surface area contributed by atoms with Crippen molar-refractivity contribution in [2.24, 2.45) is 0 Å². The average Bonchev–Trinajstić information content (AvgIpc) is 2.41. The van der Waals surface area contributed by atoms with Gasteiger partial charge < -0.3 is 10.6 Å². The quantitative estimate of drug-likeness (QED) is 0.849. The molecule has 1 fully saturated rings. The van der Waals surface area contributed by atoms with Crippen molar-refractivity contribution < 1.29 is 13.2 Å². The van der Waals surface area contributed by atoms with Crippen molar-refractivity contribution >= 4 is 33.3 Å². The number of piperazine rings is 1. The van der Waals surface area contributed by atoms with Crippen LogP contribution in [0.15, 0.2) is 17.2 Å². The maximum absolute atomic E-state index is 12.7. The van der Waals surface area contributed by atoms with Gasteiger partial charge in [-0.25, -0.2) is 13.4 Å². The first-order chi connectivity index (χ1) is 9.71. The zero-order chi connectivity index (χ0) is 15.8. The van der Waals surface area contributed by atoms with Crippen LogP contribution >= 0.6 is 11.6 Å². The standard InChI is InChI=1S/C12H17ClN4O3S/c1-12(2)11(18)15-4-5-17(12)21(19,20)8-6-9(13)10(14-3)16-7-8/h6-7H,4-5H2,1-3H3,(H,14,16)(H,15,18). The van der Waals surface area contributed by atoms with Gasteiger partial charge in [0.2, 0.25) is 15.9 Å². The van der Waals surface area contributed by atoms with E-state index < -0.39 is 15.6 Å². The molecule has 2 heterocycles. The summed E-state index contributed by atoms with van der Waals surface area (Å²) >= 11 is 5.99. The Labute approximate surface area is 128 Å². The molecule has 1 aromatic heterocycles. The second-order valence-electron chi connectivity index (χ2n) is 5.14. The highest BCUT2D eigenvalue weighted by Crippen LogP contribution is 2.29. The highest BCUT2D eigenvalue weighted by Gasteiger charge is 2.45. The Hall–Kier alpha value is -1.38. The highest BCUT2D eigenvalue weighted by atomic mass is 35.5. The van der Waals surface area contributed by atoms with E-state index in [1.165, 1.54) is 16.6 Å². The van der Waals surface area contributed by atoms with Gasteiger partial charge in [-0.2, -0.15) is 4.31 Å². The number of carbonyl (C=O) groups excluding carboxylic acids is 1. The minimum Gasteiger partial charge on any atom is -0.372 e. The van der Waals surface area contributed by atoms with E-state index in [1.54, 1.807) is 20.9 Å². The molecular formula is C12H17ClN4O3S. The third-order valence-electron chi connectivity index (χ3n) is 3.42. The molecule has 0 bridgehead atoms. The Kier molecular flexibility index (Phi) is 4.14. The lowest BCUT2D eigenvalue weighted by molar-refractivity contribution is -0.131. The number of hydrogen-bond acceptors (Lipinski definition) is 5. The van der Waals surface area contributed by atoms with Gasteiger partial charge in [0.25, 0.3) is 0 Å². The lowest BCUT2D eigenvalue weighted by Crippen LogP contribution is -2.63. The molecule has 21 heavy (non-hydrogen) atoms. The second-order valence-corrected chi connectivity index (χ2v) is 7.41. The van der Waals surface area contributed by atoms with Gasteiger partial charge in [0, 0.05) is 26.3 Å². The number of sulfonamides is 1. The molecule has 0 aromatic carbocycles. The van der Waals surface area contributed by atoms with Crippen LogP contribution in [0.3, 0.4) is 0 Å². The van der Waals surface area contributed by atoms with Gasteiger partial charge in [0.15, 0.2) is 0 Å². The molecule has 116 valence electrons. The van der Waals surface area contributed by atoms with Gasteiger partial charge >= 0.3 is 0 Å². The summed E-state index contributed by atoms with van der Waals surface area (Å²) in [7, 11) is -2.21. The Morgan fingerprint density at radius 3 is 2.71 bits per heavy atom. The van der Waals surface area contributed by atoms with Crippen LogP contribution in [0.5, 0.6) is 0 Å². The van der Waals surface area contributed by atoms with E-state index in [1.807, 2.05) is 0 Å². The van der Waals surface area contributed by atoms with Crippen LogP contribution in [0.2, 0.25) is 5.02 Å². The number of rotatable bonds is 3. The molecule has 0 spiro atoms. The third kappa shape index (κ3) is 2.70. The Balaban J connectivity index is 2.46. The molecule has 1 aliphatic rings. The summed E-state index contributed by atoms with van der Waals surface area (Å²) in [4.78, 5) is 15.8. The second kappa shape index (κ2) is 5.43. The SMILES string of the molecule is CNc1ncc(S(=O)(=O)N2CCNC(=O)C2(C)C)cc1Cl. The Morgan fingerprint density at radius 1 is 1.48 bits per heavy atom. The first-order valence-electron chi connectivity index (χ1n) is 6.35. The number of carbonyl (C=O) groups is 1. The van der Waals surface area contributed by atoms with Gasteiger partial charge in [0.1, 0.15) is 16.3 Å². The van der Waals surface area contributed by atoms with Crippen molar-refractivity contribution in [3.63, 3.8) is 0 Å². The summed E-state index contributed by atoms with van der Waals surface area (Å²) in [5, 5.41) is 5.63. The zero-order valence-corrected chi connectivity index (χ0v) is 13.5. The molecule has 1 aliphatic heterocycles. The molecule has 1 saturated heterocycles. The van der Waals surface area contributed by atoms with Crippen LogP contribution in [0.4, 0.5) is 5.82 Å². The molecule has 0 unspecified atom stereocenters. The summed E-state index contributed by atoms with van der Waals surface area (Å²) < 4.78 is 26.6. The van der Waals surface area contributed by atoms with Gasteiger partial charge in [-0.15, -0.1) is 0 Å². The lowest BCUT2D eigenvalue weighted by Gasteiger charge is -2.39. The summed E-state index contributed by atoms with van der Waals surface area (Å²) in [5.41, 5.74) is -1.16. The first kappa shape index (κ1) is 16.0. The molecule has 0 atom stereocenters. The van der Waals surface area contributed by atoms with E-state index in [4.69, 9.17) is 11.6 Å². The molecule has 0 aliphatic carbocycles. The molecule has 9 heteroatoms. The number of nitrogens with one attached hydrogen (secondary N) is 2. The maximum Gasteiger partial charge on any atom is 0.245 e. The average molecular weight is 333 g/mol. The maximum atomic E-state index is 12.7. The normalized spacial score (nSPS) is 19.1. The minimum absolute atomic E-state index is 0.0331. The van der Waals surface area contributed by atoms with Gasteiger partial charge in [-0.3, -0.25) is 4.79 Å². The fraction of sp³-hybridized carbons (Fsp3) is 0.500. The number of anilines is 1. The lowest BCUT2D eigenvalue weighted by atomic mass is 10.0. The molecule has 0 radical (unpaired) electrons. The van der Waals surface area contributed by atoms with E-state index in [-0.39, 0.29) is 28.9 Å². The third-order valence-corrected chi connectivity index (χ3v) is 5.75. The number of nitrogens with zero attached hydrogens (tertiary/aromatic N) is 2. The van der Waals surface area contributed by atoms with E-state index in [9.17, 15) is 13.2 Å². The van der Waals surface area contributed by atoms with Crippen molar-refractivity contribution in [3.8, 4) is 0 Å². The van der Waals surface area contributed by atoms with Crippen molar-refractivity contribution in [3.05, 3.63) is 17.3 Å². The number of pyridine rings is 1. The van der Waals surface area contributed by atoms with Crippen molar-refractivity contribution in [1.82, 2.24) is 14.6 Å². The minimum atomic E-state index is -3.85. The Morgan fingerprint density at radius 2 is 2.14 bits per heavy atom. The van der Waals surface area contributed by atoms with Crippen LogP contribution in [-0.2, 0) is 14.8 Å². The molecule has 2 N–H and O–H groups in total. The molecule has 2 rings (SSSR count). The van der Waals surface area contributed by atoms with Gasteiger partial charge in [-0.1, -0.05) is 11.6 Å². The van der Waals surface area contributed by atoms with Crippen molar-refractivity contribution in [2.45, 2.75) is 24.3 Å². The van der Waals surface area contributed by atoms with E-state index >= 15 is 0 Å². The summed E-state index contributed by atoms with van der Waals surface area (Å²) in [6.07, 6.45) is 1.23. The van der Waals surface area contributed by atoms with Crippen LogP contribution < -0.4 is 10.6 Å². The highest BCUT2D eigenvalue weighted by molar-refractivity contribution is 7.89. The van der Waals surface area contributed by atoms with E-state index in [0.717, 1.165) is 0 Å². The molecule has 0 saturated carbocycles. The topological polar surface area (TPSA) is 91.4 Å². The van der Waals surface area contributed by atoms with E-state index in [2.05, 4.69) is 15.6 Å². The molecule has 1 aromatic rings. The van der Waals surface area contributed by atoms with Crippen LogP contribution in [0.25, 0.3) is 0 Å². The number of aromatic nitrogens is 1. The number of hydrogen-bond donors (Lipinski definition) is 2. The summed E-state index contributed by atoms with van der Waals surface area (Å²) in [5.74, 6) is 0.0643. The summed E-state index contributed by atoms with van der Waals surface area (Å²) in [6, 6.07) is 1.33. The Bertz CT molecular complexity index is 675. The van der Waals surface area contributed by atoms with Crippen LogP contribution in [-0.4, -0.2) is 49.3 Å². The van der Waals surface area contributed by atoms with Gasteiger partial charge in [0.05, 0.1) is 5.02 Å². The predicted molar refractivity (Wildman–Crippen MR) is 79.8 cm³/mol. The van der Waals surface area contributed by atoms with Gasteiger partial charge in [-0.05, 0) is 19.9 Å². The summed E-state index contributed by atoms with van der Waals surface area (Å²) in [6.45, 7) is 3.61. The predicted octanol–water partition coefficient (Wildman–Crippen LogP) is 0.676. The molecule has 7 nitrogen and oxygen atoms in total. The fourth-order valence-electron chi connectivity index (χ4n) is 2.17. The van der Waals surface area contributed by atoms with E-state index in [0.29, 0.717) is 5.82 Å². The van der Waals surface area contributed by atoms with Crippen LogP contribution in [0.1, 0.15) is 13.8 Å². The smallest absolute Gasteiger partial charge is 0.245 e. The van der Waals surface area contributed by atoms with Crippen LogP contribution in [0, 0.1) is 0 Å². The number of amides is 1. The van der Waals surface area contributed by atoms with Crippen molar-refractivity contribution in [2.75, 3.05) is 25.5 Å². The molecule has 1 amide bonds. The number of halogens is 1. The largest absolute Gasteiger partial charge is 0.372 e. The first-order valence-corrected chi connectivity index (χ1v) is 8.17. The fourth-order valence-corrected chi connectivity index (χ4v) is 4.22. The monoisotopic (exact) mass is 332 g/mol.